The molecule has 0 radical (unpaired) electrons. The van der Waals surface area contributed by atoms with Crippen molar-refractivity contribution in [3.8, 4) is 0 Å². The summed E-state index contributed by atoms with van der Waals surface area (Å²) < 4.78 is 31.1. The van der Waals surface area contributed by atoms with E-state index in [1.807, 2.05) is 4.90 Å². The fourth-order valence-electron chi connectivity index (χ4n) is 3.52. The zero-order chi connectivity index (χ0) is 15.5. The van der Waals surface area contributed by atoms with Crippen LogP contribution in [0.1, 0.15) is 38.5 Å². The number of nitrogens with zero attached hydrogens (tertiary/aromatic N) is 1. The van der Waals surface area contributed by atoms with E-state index in [-0.39, 0.29) is 11.8 Å². The van der Waals surface area contributed by atoms with Gasteiger partial charge in [0.2, 0.25) is 15.9 Å². The molecule has 6 nitrogen and oxygen atoms in total. The van der Waals surface area contributed by atoms with Crippen molar-refractivity contribution in [1.82, 2.24) is 9.62 Å². The van der Waals surface area contributed by atoms with Crippen molar-refractivity contribution >= 4 is 15.9 Å². The number of carbonyl (C=O) groups excluding carboxylic acids is 1. The van der Waals surface area contributed by atoms with Crippen molar-refractivity contribution in [2.75, 3.05) is 33.1 Å². The third kappa shape index (κ3) is 4.40. The van der Waals surface area contributed by atoms with Crippen LogP contribution in [-0.2, 0) is 19.6 Å². The number of ether oxygens (including phenoxy) is 1. The van der Waals surface area contributed by atoms with Gasteiger partial charge in [0.1, 0.15) is 0 Å². The lowest BCUT2D eigenvalue weighted by Crippen LogP contribution is -2.51. The molecule has 2 aliphatic rings. The van der Waals surface area contributed by atoms with Crippen LogP contribution >= 0.6 is 0 Å². The standard InChI is InChI=1S/C14H26N2O4S/c1-20-10-8-14(15-21(2,18)19)7-9-16(11-14)13(17)12-5-3-4-6-12/h12,15H,3-11H2,1-2H3. The lowest BCUT2D eigenvalue weighted by Gasteiger charge is -2.30. The topological polar surface area (TPSA) is 75.7 Å². The minimum Gasteiger partial charge on any atom is -0.385 e. The van der Waals surface area contributed by atoms with Crippen molar-refractivity contribution in [2.45, 2.75) is 44.1 Å². The Kier molecular flexibility index (Phi) is 5.27. The molecule has 1 unspecified atom stereocenters. The van der Waals surface area contributed by atoms with Crippen LogP contribution in [0.4, 0.5) is 0 Å². The number of amides is 1. The first kappa shape index (κ1) is 16.7. The minimum atomic E-state index is -3.31. The van der Waals surface area contributed by atoms with Gasteiger partial charge in [0.05, 0.1) is 11.8 Å². The van der Waals surface area contributed by atoms with E-state index in [2.05, 4.69) is 4.72 Å². The summed E-state index contributed by atoms with van der Waals surface area (Å²) in [5, 5.41) is 0. The van der Waals surface area contributed by atoms with Crippen molar-refractivity contribution in [3.63, 3.8) is 0 Å². The maximum atomic E-state index is 12.5. The Hall–Kier alpha value is -0.660. The van der Waals surface area contributed by atoms with Crippen molar-refractivity contribution in [3.05, 3.63) is 0 Å². The average Bonchev–Trinajstić information content (AvgIpc) is 3.03. The SMILES string of the molecule is COCCC1(NS(C)(=O)=O)CCN(C(=O)C2CCCC2)C1. The Morgan fingerprint density at radius 2 is 2.05 bits per heavy atom. The van der Waals surface area contributed by atoms with Gasteiger partial charge in [-0.25, -0.2) is 13.1 Å². The lowest BCUT2D eigenvalue weighted by molar-refractivity contribution is -0.134. The highest BCUT2D eigenvalue weighted by Gasteiger charge is 2.43. The molecule has 1 heterocycles. The molecule has 7 heteroatoms. The maximum absolute atomic E-state index is 12.5. The molecular formula is C14H26N2O4S. The zero-order valence-electron chi connectivity index (χ0n) is 12.9. The maximum Gasteiger partial charge on any atom is 0.225 e. The largest absolute Gasteiger partial charge is 0.385 e. The number of rotatable bonds is 6. The molecule has 1 saturated heterocycles. The van der Waals surface area contributed by atoms with Crippen molar-refractivity contribution in [2.24, 2.45) is 5.92 Å². The van der Waals surface area contributed by atoms with Gasteiger partial charge >= 0.3 is 0 Å². The second-order valence-corrected chi connectivity index (χ2v) is 8.14. The van der Waals surface area contributed by atoms with Crippen molar-refractivity contribution < 1.29 is 17.9 Å². The number of carbonyl (C=O) groups is 1. The monoisotopic (exact) mass is 318 g/mol. The molecule has 0 aromatic carbocycles. The van der Waals surface area contributed by atoms with Crippen LogP contribution in [0.25, 0.3) is 0 Å². The first-order valence-electron chi connectivity index (χ1n) is 7.62. The van der Waals surface area contributed by atoms with Gasteiger partial charge < -0.3 is 9.64 Å². The van der Waals surface area contributed by atoms with E-state index in [0.29, 0.717) is 32.5 Å². The van der Waals surface area contributed by atoms with Crippen LogP contribution in [0.2, 0.25) is 0 Å². The normalized spacial score (nSPS) is 27.4. The van der Waals surface area contributed by atoms with Gasteiger partial charge in [-0.1, -0.05) is 12.8 Å². The molecule has 1 N–H and O–H groups in total. The number of nitrogens with one attached hydrogen (secondary N) is 1. The van der Waals surface area contributed by atoms with Crippen LogP contribution < -0.4 is 4.72 Å². The minimum absolute atomic E-state index is 0.140. The van der Waals surface area contributed by atoms with Gasteiger partial charge in [-0.3, -0.25) is 4.79 Å². The molecule has 1 atom stereocenters. The molecule has 1 aliphatic heterocycles. The smallest absolute Gasteiger partial charge is 0.225 e. The summed E-state index contributed by atoms with van der Waals surface area (Å²) in [6, 6.07) is 0. The van der Waals surface area contributed by atoms with Gasteiger partial charge in [-0.15, -0.1) is 0 Å². The zero-order valence-corrected chi connectivity index (χ0v) is 13.7. The summed E-state index contributed by atoms with van der Waals surface area (Å²) in [6.45, 7) is 1.56. The van der Waals surface area contributed by atoms with E-state index in [1.165, 1.54) is 6.26 Å². The number of sulfonamides is 1. The summed E-state index contributed by atoms with van der Waals surface area (Å²) >= 11 is 0. The second-order valence-electron chi connectivity index (χ2n) is 6.39. The van der Waals surface area contributed by atoms with Gasteiger partial charge in [0.25, 0.3) is 0 Å². The fourth-order valence-corrected chi connectivity index (χ4v) is 4.58. The van der Waals surface area contributed by atoms with Crippen LogP contribution in [0.5, 0.6) is 0 Å². The van der Waals surface area contributed by atoms with E-state index in [0.717, 1.165) is 25.7 Å². The molecule has 0 spiro atoms. The Bertz CT molecular complexity index is 473. The highest BCUT2D eigenvalue weighted by molar-refractivity contribution is 7.88. The first-order valence-corrected chi connectivity index (χ1v) is 9.51. The third-order valence-electron chi connectivity index (χ3n) is 4.56. The molecule has 1 saturated carbocycles. The molecule has 1 amide bonds. The Morgan fingerprint density at radius 1 is 1.38 bits per heavy atom. The molecular weight excluding hydrogens is 292 g/mol. The van der Waals surface area contributed by atoms with Crippen LogP contribution in [0, 0.1) is 5.92 Å². The van der Waals surface area contributed by atoms with E-state index >= 15 is 0 Å². The number of likely N-dealkylation sites (tertiary alicyclic amines) is 1. The molecule has 0 aromatic heterocycles. The third-order valence-corrected chi connectivity index (χ3v) is 5.36. The summed E-state index contributed by atoms with van der Waals surface area (Å²) in [7, 11) is -1.71. The molecule has 0 bridgehead atoms. The highest BCUT2D eigenvalue weighted by atomic mass is 32.2. The van der Waals surface area contributed by atoms with Gasteiger partial charge in [0, 0.05) is 32.7 Å². The van der Waals surface area contributed by atoms with Gasteiger partial charge in [0.15, 0.2) is 0 Å². The van der Waals surface area contributed by atoms with Gasteiger partial charge in [-0.2, -0.15) is 0 Å². The second kappa shape index (κ2) is 6.62. The van der Waals surface area contributed by atoms with E-state index < -0.39 is 15.6 Å². The van der Waals surface area contributed by atoms with E-state index in [9.17, 15) is 13.2 Å². The van der Waals surface area contributed by atoms with Crippen molar-refractivity contribution in [1.29, 1.82) is 0 Å². The Balaban J connectivity index is 2.04. The quantitative estimate of drug-likeness (QED) is 0.783. The Morgan fingerprint density at radius 3 is 2.62 bits per heavy atom. The Labute approximate surface area is 127 Å². The summed E-state index contributed by atoms with van der Waals surface area (Å²) in [4.78, 5) is 14.3. The molecule has 2 rings (SSSR count). The van der Waals surface area contributed by atoms with E-state index in [4.69, 9.17) is 4.74 Å². The first-order chi connectivity index (χ1) is 9.85. The highest BCUT2D eigenvalue weighted by Crippen LogP contribution is 2.31. The van der Waals surface area contributed by atoms with Crippen LogP contribution in [0.15, 0.2) is 0 Å². The fraction of sp³-hybridized carbons (Fsp3) is 0.929. The van der Waals surface area contributed by atoms with Gasteiger partial charge in [-0.05, 0) is 25.7 Å². The molecule has 122 valence electrons. The molecule has 2 fully saturated rings. The van der Waals surface area contributed by atoms with Crippen LogP contribution in [0.3, 0.4) is 0 Å². The molecule has 1 aliphatic carbocycles. The number of hydrogen-bond donors (Lipinski definition) is 1. The number of methoxy groups -OCH3 is 1. The molecule has 0 aromatic rings. The predicted octanol–water partition coefficient (Wildman–Crippen LogP) is 0.733. The van der Waals surface area contributed by atoms with Crippen LogP contribution in [-0.4, -0.2) is 57.8 Å². The average molecular weight is 318 g/mol. The summed E-state index contributed by atoms with van der Waals surface area (Å²) in [6.07, 6.45) is 6.61. The predicted molar refractivity (Wildman–Crippen MR) is 80.4 cm³/mol. The number of hydrogen-bond acceptors (Lipinski definition) is 4. The molecule has 21 heavy (non-hydrogen) atoms. The summed E-state index contributed by atoms with van der Waals surface area (Å²) in [5.74, 6) is 0.337. The van der Waals surface area contributed by atoms with E-state index in [1.54, 1.807) is 7.11 Å². The summed E-state index contributed by atoms with van der Waals surface area (Å²) in [5.41, 5.74) is -0.572. The lowest BCUT2D eigenvalue weighted by atomic mass is 9.96.